The minimum absolute atomic E-state index is 0.150. The van der Waals surface area contributed by atoms with E-state index in [9.17, 15) is 4.79 Å². The molecule has 0 saturated heterocycles. The topological polar surface area (TPSA) is 29.1 Å². The Morgan fingerprint density at radius 3 is 2.09 bits per heavy atom. The van der Waals surface area contributed by atoms with Crippen LogP contribution in [0.5, 0.6) is 0 Å². The van der Waals surface area contributed by atoms with Gasteiger partial charge in [0, 0.05) is 6.42 Å². The third kappa shape index (κ3) is 3.76. The first kappa shape index (κ1) is 14.8. The van der Waals surface area contributed by atoms with E-state index in [0.717, 1.165) is 0 Å². The lowest BCUT2D eigenvalue weighted by Gasteiger charge is -2.20. The summed E-state index contributed by atoms with van der Waals surface area (Å²) in [6, 6.07) is 20.8. The standard InChI is InChI=1S/C20H23NO/c1-15(16-8-4-2-5-9-16)14-19(22)21-20(18-12-13-18)17-10-6-3-7-11-17/h2-11,15,18,20H,12-14H2,1H3,(H,21,22). The average molecular weight is 293 g/mol. The third-order valence-corrected chi connectivity index (χ3v) is 4.43. The van der Waals surface area contributed by atoms with Crippen molar-refractivity contribution in [1.29, 1.82) is 0 Å². The molecule has 0 radical (unpaired) electrons. The molecule has 1 saturated carbocycles. The van der Waals surface area contributed by atoms with Crippen molar-refractivity contribution >= 4 is 5.91 Å². The predicted molar refractivity (Wildman–Crippen MR) is 89.5 cm³/mol. The number of hydrogen-bond donors (Lipinski definition) is 1. The van der Waals surface area contributed by atoms with Crippen molar-refractivity contribution in [2.75, 3.05) is 0 Å². The molecule has 0 aliphatic heterocycles. The number of benzene rings is 2. The molecule has 1 fully saturated rings. The Balaban J connectivity index is 1.62. The lowest BCUT2D eigenvalue weighted by atomic mass is 9.96. The molecular formula is C20H23NO. The molecule has 0 heterocycles. The van der Waals surface area contributed by atoms with Crippen LogP contribution in [0, 0.1) is 5.92 Å². The quantitative estimate of drug-likeness (QED) is 0.837. The Labute approximate surface area is 132 Å². The van der Waals surface area contributed by atoms with E-state index in [4.69, 9.17) is 0 Å². The van der Waals surface area contributed by atoms with Gasteiger partial charge in [0.1, 0.15) is 0 Å². The van der Waals surface area contributed by atoms with E-state index in [1.165, 1.54) is 24.0 Å². The van der Waals surface area contributed by atoms with Gasteiger partial charge in [-0.1, -0.05) is 67.6 Å². The van der Waals surface area contributed by atoms with Crippen molar-refractivity contribution in [1.82, 2.24) is 5.32 Å². The number of nitrogens with one attached hydrogen (secondary N) is 1. The van der Waals surface area contributed by atoms with Gasteiger partial charge >= 0.3 is 0 Å². The molecule has 2 aromatic rings. The Hall–Kier alpha value is -2.09. The molecule has 0 aromatic heterocycles. The summed E-state index contributed by atoms with van der Waals surface area (Å²) in [5.41, 5.74) is 2.45. The zero-order valence-corrected chi connectivity index (χ0v) is 13.0. The molecule has 1 N–H and O–H groups in total. The molecule has 114 valence electrons. The zero-order valence-electron chi connectivity index (χ0n) is 13.0. The number of amides is 1. The minimum Gasteiger partial charge on any atom is -0.349 e. The largest absolute Gasteiger partial charge is 0.349 e. The maximum absolute atomic E-state index is 12.4. The zero-order chi connectivity index (χ0) is 15.4. The molecule has 0 bridgehead atoms. The van der Waals surface area contributed by atoms with Gasteiger partial charge in [-0.3, -0.25) is 4.79 Å². The van der Waals surface area contributed by atoms with Gasteiger partial charge in [0.05, 0.1) is 6.04 Å². The molecule has 3 rings (SSSR count). The molecule has 22 heavy (non-hydrogen) atoms. The fourth-order valence-electron chi connectivity index (χ4n) is 2.97. The van der Waals surface area contributed by atoms with Crippen LogP contribution in [0.1, 0.15) is 49.3 Å². The summed E-state index contributed by atoms with van der Waals surface area (Å²) in [6.45, 7) is 2.11. The lowest BCUT2D eigenvalue weighted by Crippen LogP contribution is -2.30. The second-order valence-electron chi connectivity index (χ2n) is 6.31. The highest BCUT2D eigenvalue weighted by molar-refractivity contribution is 5.77. The molecule has 1 aliphatic carbocycles. The number of hydrogen-bond acceptors (Lipinski definition) is 1. The highest BCUT2D eigenvalue weighted by Gasteiger charge is 2.33. The lowest BCUT2D eigenvalue weighted by molar-refractivity contribution is -0.122. The van der Waals surface area contributed by atoms with Crippen LogP contribution in [0.25, 0.3) is 0 Å². The summed E-state index contributed by atoms with van der Waals surface area (Å²) in [7, 11) is 0. The summed E-state index contributed by atoms with van der Waals surface area (Å²) in [6.07, 6.45) is 2.97. The van der Waals surface area contributed by atoms with Crippen LogP contribution in [-0.4, -0.2) is 5.91 Å². The normalized spacial score (nSPS) is 16.8. The van der Waals surface area contributed by atoms with Gasteiger partial charge in [0.2, 0.25) is 5.91 Å². The number of carbonyl (C=O) groups is 1. The summed E-state index contributed by atoms with van der Waals surface area (Å²) >= 11 is 0. The Bertz CT molecular complexity index is 604. The van der Waals surface area contributed by atoms with Gasteiger partial charge in [0.25, 0.3) is 0 Å². The summed E-state index contributed by atoms with van der Waals surface area (Å²) in [5, 5.41) is 3.26. The molecule has 2 aromatic carbocycles. The molecule has 2 nitrogen and oxygen atoms in total. The van der Waals surface area contributed by atoms with Crippen molar-refractivity contribution in [3.63, 3.8) is 0 Å². The van der Waals surface area contributed by atoms with Crippen LogP contribution in [0.15, 0.2) is 60.7 Å². The average Bonchev–Trinajstić information content (AvgIpc) is 3.39. The molecule has 0 spiro atoms. The minimum atomic E-state index is 0.150. The van der Waals surface area contributed by atoms with Crippen LogP contribution in [0.4, 0.5) is 0 Å². The van der Waals surface area contributed by atoms with E-state index in [0.29, 0.717) is 12.3 Å². The fourth-order valence-corrected chi connectivity index (χ4v) is 2.97. The van der Waals surface area contributed by atoms with Crippen molar-refractivity contribution in [3.8, 4) is 0 Å². The Kier molecular flexibility index (Phi) is 4.57. The van der Waals surface area contributed by atoms with Crippen LogP contribution in [-0.2, 0) is 4.79 Å². The van der Waals surface area contributed by atoms with Gasteiger partial charge in [0.15, 0.2) is 0 Å². The van der Waals surface area contributed by atoms with E-state index < -0.39 is 0 Å². The summed E-state index contributed by atoms with van der Waals surface area (Å²) in [4.78, 5) is 12.4. The maximum Gasteiger partial charge on any atom is 0.221 e. The molecule has 1 aliphatic rings. The number of rotatable bonds is 6. The van der Waals surface area contributed by atoms with Crippen molar-refractivity contribution in [2.24, 2.45) is 5.92 Å². The third-order valence-electron chi connectivity index (χ3n) is 4.43. The first-order valence-electron chi connectivity index (χ1n) is 8.13. The van der Waals surface area contributed by atoms with Gasteiger partial charge < -0.3 is 5.32 Å². The van der Waals surface area contributed by atoms with Crippen LogP contribution < -0.4 is 5.32 Å². The molecule has 2 unspecified atom stereocenters. The van der Waals surface area contributed by atoms with Crippen LogP contribution in [0.2, 0.25) is 0 Å². The summed E-state index contributed by atoms with van der Waals surface area (Å²) < 4.78 is 0. The molecule has 2 atom stereocenters. The molecule has 1 amide bonds. The van der Waals surface area contributed by atoms with Crippen LogP contribution >= 0.6 is 0 Å². The van der Waals surface area contributed by atoms with Gasteiger partial charge in [-0.2, -0.15) is 0 Å². The monoisotopic (exact) mass is 293 g/mol. The van der Waals surface area contributed by atoms with Gasteiger partial charge in [-0.25, -0.2) is 0 Å². The Morgan fingerprint density at radius 1 is 1.00 bits per heavy atom. The SMILES string of the molecule is CC(CC(=O)NC(c1ccccc1)C1CC1)c1ccccc1. The molecular weight excluding hydrogens is 270 g/mol. The van der Waals surface area contributed by atoms with Crippen LogP contribution in [0.3, 0.4) is 0 Å². The van der Waals surface area contributed by atoms with Crippen molar-refractivity contribution < 1.29 is 4.79 Å². The van der Waals surface area contributed by atoms with E-state index >= 15 is 0 Å². The van der Waals surface area contributed by atoms with Crippen molar-refractivity contribution in [2.45, 2.75) is 38.1 Å². The Morgan fingerprint density at radius 2 is 1.55 bits per heavy atom. The predicted octanol–water partition coefficient (Wildman–Crippen LogP) is 4.45. The highest BCUT2D eigenvalue weighted by atomic mass is 16.1. The fraction of sp³-hybridized carbons (Fsp3) is 0.350. The van der Waals surface area contributed by atoms with E-state index in [1.807, 2.05) is 36.4 Å². The van der Waals surface area contributed by atoms with Gasteiger partial charge in [-0.15, -0.1) is 0 Å². The summed E-state index contributed by atoms with van der Waals surface area (Å²) in [5.74, 6) is 1.01. The highest BCUT2D eigenvalue weighted by Crippen LogP contribution is 2.41. The van der Waals surface area contributed by atoms with E-state index in [1.54, 1.807) is 0 Å². The van der Waals surface area contributed by atoms with E-state index in [-0.39, 0.29) is 17.9 Å². The molecule has 2 heteroatoms. The maximum atomic E-state index is 12.4. The number of carbonyl (C=O) groups excluding carboxylic acids is 1. The van der Waals surface area contributed by atoms with E-state index in [2.05, 4.69) is 36.5 Å². The second kappa shape index (κ2) is 6.78. The first-order chi connectivity index (χ1) is 10.7. The first-order valence-corrected chi connectivity index (χ1v) is 8.13. The second-order valence-corrected chi connectivity index (χ2v) is 6.31. The van der Waals surface area contributed by atoms with Crippen molar-refractivity contribution in [3.05, 3.63) is 71.8 Å². The van der Waals surface area contributed by atoms with Gasteiger partial charge in [-0.05, 0) is 35.8 Å². The smallest absolute Gasteiger partial charge is 0.221 e.